The van der Waals surface area contributed by atoms with Crippen molar-refractivity contribution in [3.8, 4) is 0 Å². The average molecular weight is 670 g/mol. The molecule has 0 aromatic carbocycles. The normalized spacial score (nSPS) is 9.86. The van der Waals surface area contributed by atoms with Gasteiger partial charge in [0, 0.05) is 131 Å². The first-order valence-electron chi connectivity index (χ1n) is 7.28. The Morgan fingerprint density at radius 1 is 0.821 bits per heavy atom. The summed E-state index contributed by atoms with van der Waals surface area (Å²) in [5, 5.41) is 0. The van der Waals surface area contributed by atoms with Crippen molar-refractivity contribution in [3.63, 3.8) is 0 Å². The fraction of sp³-hybridized carbons (Fsp3) is 0.182. The minimum absolute atomic E-state index is 0. The zero-order valence-electron chi connectivity index (χ0n) is 16.6. The van der Waals surface area contributed by atoms with Crippen LogP contribution in [0.15, 0.2) is 21.0 Å². The van der Waals surface area contributed by atoms with Crippen LogP contribution in [-0.2, 0) is 131 Å². The van der Waals surface area contributed by atoms with E-state index in [-0.39, 0.29) is 131 Å². The van der Waals surface area contributed by atoms with Gasteiger partial charge < -0.3 is 32.6 Å². The summed E-state index contributed by atoms with van der Waals surface area (Å²) in [6.07, 6.45) is 26.6. The van der Waals surface area contributed by atoms with Gasteiger partial charge in [0.2, 0.25) is 0 Å². The van der Waals surface area contributed by atoms with E-state index >= 15 is 0 Å². The van der Waals surface area contributed by atoms with Crippen molar-refractivity contribution >= 4 is 24.3 Å². The minimum Gasteiger partial charge on any atom is -0.588 e. The smallest absolute Gasteiger partial charge is 0.106 e. The fourth-order valence-electron chi connectivity index (χ4n) is 1.57. The molecule has 2 nitrogen and oxygen atoms in total. The van der Waals surface area contributed by atoms with Gasteiger partial charge in [0.05, 0.1) is 6.26 Å². The van der Waals surface area contributed by atoms with Crippen molar-refractivity contribution in [2.75, 3.05) is 0 Å². The van der Waals surface area contributed by atoms with E-state index in [4.69, 9.17) is 8.83 Å². The van der Waals surface area contributed by atoms with Crippen molar-refractivity contribution in [2.24, 2.45) is 0 Å². The van der Waals surface area contributed by atoms with Crippen LogP contribution in [0.1, 0.15) is 50.1 Å². The summed E-state index contributed by atoms with van der Waals surface area (Å²) >= 11 is 0. The molecule has 0 atom stereocenters. The Hall–Kier alpha value is 1.68. The molecule has 0 aliphatic rings. The van der Waals surface area contributed by atoms with Crippen molar-refractivity contribution in [1.82, 2.24) is 0 Å². The third kappa shape index (κ3) is 17.4. The Bertz CT molecular complexity index is 663. The van der Waals surface area contributed by atoms with Crippen molar-refractivity contribution < 1.29 is 140 Å². The van der Waals surface area contributed by atoms with Crippen molar-refractivity contribution in [3.05, 3.63) is 83.7 Å². The van der Waals surface area contributed by atoms with E-state index in [1.165, 1.54) is 0 Å². The molecule has 0 spiro atoms. The van der Waals surface area contributed by atoms with Crippen molar-refractivity contribution in [1.29, 1.82) is 0 Å². The second kappa shape index (κ2) is 24.9. The number of allylic oxidation sites excluding steroid dienone is 4. The molecule has 6 heteroatoms. The summed E-state index contributed by atoms with van der Waals surface area (Å²) in [6, 6.07) is 6.63. The summed E-state index contributed by atoms with van der Waals surface area (Å²) in [7, 11) is 0. The van der Waals surface area contributed by atoms with Gasteiger partial charge in [-0.05, 0) is 6.26 Å². The molecule has 0 saturated heterocycles. The third-order valence-electron chi connectivity index (χ3n) is 2.47. The molecular weight excluding hydrogens is 652 g/mol. The summed E-state index contributed by atoms with van der Waals surface area (Å²) in [5.41, 5.74) is 2.56. The molecule has 0 bridgehead atoms. The number of rotatable bonds is 4. The van der Waals surface area contributed by atoms with Gasteiger partial charge in [0.1, 0.15) is 6.26 Å². The maximum Gasteiger partial charge on any atom is 0.106 e. The van der Waals surface area contributed by atoms with E-state index in [9.17, 15) is 0 Å². The molecule has 2 rings (SSSR count). The molecule has 0 amide bonds. The van der Waals surface area contributed by atoms with Crippen LogP contribution in [-0.4, -0.2) is 0 Å². The van der Waals surface area contributed by atoms with Gasteiger partial charge >= 0.3 is 0 Å². The largest absolute Gasteiger partial charge is 0.588 e. The van der Waals surface area contributed by atoms with E-state index in [0.29, 0.717) is 5.76 Å². The Kier molecular flexibility index (Phi) is 33.0. The number of hydrogen-bond donors (Lipinski definition) is 0. The fourth-order valence-corrected chi connectivity index (χ4v) is 1.57. The van der Waals surface area contributed by atoms with Crippen LogP contribution in [0.2, 0.25) is 0 Å². The molecule has 2 aromatic heterocycles. The second-order valence-corrected chi connectivity index (χ2v) is 4.41. The minimum atomic E-state index is 0. The van der Waals surface area contributed by atoms with Crippen molar-refractivity contribution in [2.45, 2.75) is 27.7 Å². The molecule has 28 heavy (non-hydrogen) atoms. The zero-order chi connectivity index (χ0) is 17.6. The molecule has 2 heterocycles. The van der Waals surface area contributed by atoms with Crippen LogP contribution in [0.5, 0.6) is 0 Å². The van der Waals surface area contributed by atoms with E-state index in [1.54, 1.807) is 37.3 Å². The molecule has 0 aliphatic heterocycles. The molecule has 4 radical (unpaired) electrons. The van der Waals surface area contributed by atoms with E-state index in [0.717, 1.165) is 16.7 Å². The maximum absolute atomic E-state index is 5.08. The average Bonchev–Trinajstić information content (AvgIpc) is 2.59. The summed E-state index contributed by atoms with van der Waals surface area (Å²) in [5.74, 6) is 0.630. The van der Waals surface area contributed by atoms with E-state index in [2.05, 4.69) is 49.2 Å². The number of hydrogen-bond acceptors (Lipinski definition) is 1. The first-order valence-corrected chi connectivity index (χ1v) is 7.28. The Balaban J connectivity index is -0.000000180. The molecular formula is C22H18O2Y4-6. The molecule has 2 aromatic rings. The zero-order valence-corrected chi connectivity index (χ0v) is 27.9. The SMILES string of the molecule is C[C-]=Cc1[c-][o+][c-]c(C=[C-]C)c1.C[C-]=Cc1[c-]o[c+](C=[C-]C)[c-]c1.[Y].[Y].[Y].[Y]. The van der Waals surface area contributed by atoms with Crippen LogP contribution in [0.25, 0.3) is 24.3 Å². The Morgan fingerprint density at radius 2 is 1.32 bits per heavy atom. The van der Waals surface area contributed by atoms with Crippen LogP contribution < -0.4 is 0 Å². The molecule has 0 N–H and O–H groups in total. The van der Waals surface area contributed by atoms with Gasteiger partial charge in [-0.25, -0.2) is 30.4 Å². The topological polar surface area (TPSA) is 24.4 Å². The molecule has 136 valence electrons. The maximum atomic E-state index is 5.08. The van der Waals surface area contributed by atoms with Crippen LogP contribution in [0.4, 0.5) is 0 Å². The predicted molar refractivity (Wildman–Crippen MR) is 95.1 cm³/mol. The summed E-state index contributed by atoms with van der Waals surface area (Å²) in [4.78, 5) is 0. The molecule has 0 fully saturated rings. The predicted octanol–water partition coefficient (Wildman–Crippen LogP) is 5.66. The van der Waals surface area contributed by atoms with E-state index < -0.39 is 0 Å². The van der Waals surface area contributed by atoms with Crippen LogP contribution in [0, 0.1) is 49.2 Å². The second-order valence-electron chi connectivity index (χ2n) is 4.41. The van der Waals surface area contributed by atoms with Crippen LogP contribution >= 0.6 is 0 Å². The monoisotopic (exact) mass is 670 g/mol. The first-order chi connectivity index (χ1) is 11.7. The third-order valence-corrected chi connectivity index (χ3v) is 2.47. The van der Waals surface area contributed by atoms with Crippen LogP contribution in [0.3, 0.4) is 0 Å². The van der Waals surface area contributed by atoms with Gasteiger partial charge in [-0.1, -0.05) is 12.7 Å². The summed E-state index contributed by atoms with van der Waals surface area (Å²) in [6.45, 7) is 7.27. The van der Waals surface area contributed by atoms with Gasteiger partial charge in [-0.15, -0.1) is 20.8 Å². The Morgan fingerprint density at radius 3 is 1.71 bits per heavy atom. The Labute approximate surface area is 270 Å². The molecule has 0 saturated carbocycles. The quantitative estimate of drug-likeness (QED) is 0.310. The van der Waals surface area contributed by atoms with Gasteiger partial charge in [-0.3, -0.25) is 23.8 Å². The summed E-state index contributed by atoms with van der Waals surface area (Å²) < 4.78 is 9.93. The van der Waals surface area contributed by atoms with E-state index in [1.807, 2.05) is 26.8 Å². The van der Waals surface area contributed by atoms with Gasteiger partial charge in [0.15, 0.2) is 0 Å². The van der Waals surface area contributed by atoms with Gasteiger partial charge in [0.25, 0.3) is 0 Å². The van der Waals surface area contributed by atoms with Gasteiger partial charge in [-0.2, -0.15) is 5.56 Å². The molecule has 0 aliphatic carbocycles. The molecule has 0 unspecified atom stereocenters. The first kappa shape index (κ1) is 37.0. The standard InChI is InChI=1S/2C11H9O.4Y/c1-3-5-10-7-11(6-4-2)9-12-8-10;1-3-5-10-7-8-11(6-4-2)12-9-10;;;;/h2*5-7H,1-2H3;;;;/q2*-3;;;;.